The van der Waals surface area contributed by atoms with Crippen molar-refractivity contribution in [1.29, 1.82) is 0 Å². The quantitative estimate of drug-likeness (QED) is 0.695. The molecule has 0 spiro atoms. The largest absolute Gasteiger partial charge is 0.496 e. The van der Waals surface area contributed by atoms with Crippen LogP contribution in [0.25, 0.3) is 0 Å². The molecule has 3 rings (SSSR count). The summed E-state index contributed by atoms with van der Waals surface area (Å²) >= 11 is 0. The average Bonchev–Trinajstić information content (AvgIpc) is 2.95. The van der Waals surface area contributed by atoms with Gasteiger partial charge in [0.2, 0.25) is 5.91 Å². The van der Waals surface area contributed by atoms with Gasteiger partial charge >= 0.3 is 6.03 Å². The van der Waals surface area contributed by atoms with E-state index in [2.05, 4.69) is 10.6 Å². The topological polar surface area (TPSA) is 97.0 Å². The number of urea groups is 1. The second kappa shape index (κ2) is 8.85. The van der Waals surface area contributed by atoms with Gasteiger partial charge < -0.3 is 20.1 Å². The fourth-order valence-corrected chi connectivity index (χ4v) is 3.34. The van der Waals surface area contributed by atoms with Crippen molar-refractivity contribution in [3.63, 3.8) is 0 Å². The molecule has 0 aromatic heterocycles. The molecule has 2 aliphatic rings. The van der Waals surface area contributed by atoms with Crippen molar-refractivity contribution < 1.29 is 23.9 Å². The second-order valence-electron chi connectivity index (χ2n) is 6.80. The number of para-hydroxylation sites is 1. The Morgan fingerprint density at radius 1 is 1.30 bits per heavy atom. The lowest BCUT2D eigenvalue weighted by atomic mass is 10.0. The third-order valence-corrected chi connectivity index (χ3v) is 4.95. The Kier molecular flexibility index (Phi) is 6.28. The zero-order valence-corrected chi connectivity index (χ0v) is 15.4. The fourth-order valence-electron chi connectivity index (χ4n) is 3.34. The van der Waals surface area contributed by atoms with Crippen LogP contribution in [0.15, 0.2) is 24.3 Å². The van der Waals surface area contributed by atoms with Gasteiger partial charge in [-0.05, 0) is 24.8 Å². The molecule has 2 heterocycles. The standard InChI is InChI=1S/C19H25N3O5/c1-26-16-5-3-2-4-14(16)12-22-18(24)15(21-19(22)25)10-17(23)20-11-13-6-8-27-9-7-13/h2-5,13,15H,6-12H2,1H3,(H,20,23)(H,21,25)/t15-/m1/s1. The van der Waals surface area contributed by atoms with E-state index in [-0.39, 0.29) is 18.9 Å². The number of hydrogen-bond acceptors (Lipinski definition) is 5. The average molecular weight is 375 g/mol. The minimum absolute atomic E-state index is 0.0593. The molecule has 2 aliphatic heterocycles. The van der Waals surface area contributed by atoms with Gasteiger partial charge in [-0.3, -0.25) is 14.5 Å². The number of nitrogens with zero attached hydrogens (tertiary/aromatic N) is 1. The molecule has 1 aromatic rings. The van der Waals surface area contributed by atoms with Crippen molar-refractivity contribution >= 4 is 17.8 Å². The number of carbonyl (C=O) groups is 3. The highest BCUT2D eigenvalue weighted by Gasteiger charge is 2.39. The molecule has 0 bridgehead atoms. The van der Waals surface area contributed by atoms with E-state index < -0.39 is 18.0 Å². The Balaban J connectivity index is 1.53. The summed E-state index contributed by atoms with van der Waals surface area (Å²) in [6, 6.07) is 5.88. The highest BCUT2D eigenvalue weighted by Crippen LogP contribution is 2.22. The van der Waals surface area contributed by atoms with Gasteiger partial charge in [0.1, 0.15) is 11.8 Å². The predicted molar refractivity (Wildman–Crippen MR) is 97.0 cm³/mol. The number of carbonyl (C=O) groups excluding carboxylic acids is 3. The lowest BCUT2D eigenvalue weighted by Gasteiger charge is -2.22. The van der Waals surface area contributed by atoms with Crippen LogP contribution in [0.4, 0.5) is 4.79 Å². The molecule has 2 saturated heterocycles. The zero-order chi connectivity index (χ0) is 19.2. The van der Waals surface area contributed by atoms with Crippen molar-refractivity contribution in [3.8, 4) is 5.75 Å². The number of rotatable bonds is 7. The Labute approximate surface area is 158 Å². The molecular formula is C19H25N3O5. The van der Waals surface area contributed by atoms with Gasteiger partial charge in [0.05, 0.1) is 20.1 Å². The lowest BCUT2D eigenvalue weighted by molar-refractivity contribution is -0.131. The fraction of sp³-hybridized carbons (Fsp3) is 0.526. The van der Waals surface area contributed by atoms with Crippen molar-refractivity contribution in [2.45, 2.75) is 31.8 Å². The summed E-state index contributed by atoms with van der Waals surface area (Å²) in [5, 5.41) is 5.46. The normalized spacial score (nSPS) is 20.5. The minimum Gasteiger partial charge on any atom is -0.496 e. The van der Waals surface area contributed by atoms with Crippen LogP contribution in [0.1, 0.15) is 24.8 Å². The van der Waals surface area contributed by atoms with Gasteiger partial charge in [0, 0.05) is 25.3 Å². The highest BCUT2D eigenvalue weighted by atomic mass is 16.5. The molecule has 2 N–H and O–H groups in total. The van der Waals surface area contributed by atoms with Crippen molar-refractivity contribution in [2.75, 3.05) is 26.9 Å². The Hall–Kier alpha value is -2.61. The number of benzene rings is 1. The van der Waals surface area contributed by atoms with Crippen LogP contribution in [0, 0.1) is 5.92 Å². The van der Waals surface area contributed by atoms with Crippen LogP contribution in [-0.2, 0) is 20.9 Å². The molecule has 8 nitrogen and oxygen atoms in total. The third-order valence-electron chi connectivity index (χ3n) is 4.95. The van der Waals surface area contributed by atoms with Gasteiger partial charge in [-0.1, -0.05) is 18.2 Å². The van der Waals surface area contributed by atoms with Gasteiger partial charge in [-0.2, -0.15) is 0 Å². The summed E-state index contributed by atoms with van der Waals surface area (Å²) in [5.74, 6) is 0.376. The maximum Gasteiger partial charge on any atom is 0.325 e. The molecule has 1 atom stereocenters. The molecule has 0 unspecified atom stereocenters. The van der Waals surface area contributed by atoms with Gasteiger partial charge in [0.15, 0.2) is 0 Å². The first-order chi connectivity index (χ1) is 13.1. The van der Waals surface area contributed by atoms with Crippen LogP contribution in [0.3, 0.4) is 0 Å². The molecule has 0 radical (unpaired) electrons. The molecular weight excluding hydrogens is 350 g/mol. The predicted octanol–water partition coefficient (Wildman–Crippen LogP) is 1.05. The van der Waals surface area contributed by atoms with Crippen molar-refractivity contribution in [1.82, 2.24) is 15.5 Å². The van der Waals surface area contributed by atoms with E-state index >= 15 is 0 Å². The molecule has 2 fully saturated rings. The van der Waals surface area contributed by atoms with Crippen LogP contribution in [0.2, 0.25) is 0 Å². The zero-order valence-electron chi connectivity index (χ0n) is 15.4. The molecule has 0 saturated carbocycles. The Morgan fingerprint density at radius 2 is 2.04 bits per heavy atom. The summed E-state index contributed by atoms with van der Waals surface area (Å²) in [6.07, 6.45) is 1.79. The summed E-state index contributed by atoms with van der Waals surface area (Å²) in [5.41, 5.74) is 0.730. The van der Waals surface area contributed by atoms with Crippen molar-refractivity contribution in [3.05, 3.63) is 29.8 Å². The Bertz CT molecular complexity index is 702. The van der Waals surface area contributed by atoms with Crippen LogP contribution < -0.4 is 15.4 Å². The van der Waals surface area contributed by atoms with Crippen LogP contribution >= 0.6 is 0 Å². The maximum atomic E-state index is 12.6. The number of ether oxygens (including phenoxy) is 2. The number of methoxy groups -OCH3 is 1. The summed E-state index contributed by atoms with van der Waals surface area (Å²) < 4.78 is 10.6. The third kappa shape index (κ3) is 4.77. The molecule has 8 heteroatoms. The molecule has 4 amide bonds. The molecule has 1 aromatic carbocycles. The van der Waals surface area contributed by atoms with E-state index in [9.17, 15) is 14.4 Å². The van der Waals surface area contributed by atoms with E-state index in [1.165, 1.54) is 7.11 Å². The summed E-state index contributed by atoms with van der Waals surface area (Å²) in [6.45, 7) is 2.11. The highest BCUT2D eigenvalue weighted by molar-refractivity contribution is 6.05. The molecule has 0 aliphatic carbocycles. The smallest absolute Gasteiger partial charge is 0.325 e. The first kappa shape index (κ1) is 19.2. The van der Waals surface area contributed by atoms with E-state index in [4.69, 9.17) is 9.47 Å². The monoisotopic (exact) mass is 375 g/mol. The number of hydrogen-bond donors (Lipinski definition) is 2. The number of amides is 4. The summed E-state index contributed by atoms with van der Waals surface area (Å²) in [4.78, 5) is 38.1. The summed E-state index contributed by atoms with van der Waals surface area (Å²) in [7, 11) is 1.54. The van der Waals surface area contributed by atoms with Crippen LogP contribution in [-0.4, -0.2) is 55.7 Å². The van der Waals surface area contributed by atoms with E-state index in [0.717, 1.165) is 36.5 Å². The van der Waals surface area contributed by atoms with Gasteiger partial charge in [0.25, 0.3) is 5.91 Å². The molecule has 27 heavy (non-hydrogen) atoms. The van der Waals surface area contributed by atoms with Crippen molar-refractivity contribution in [2.24, 2.45) is 5.92 Å². The van der Waals surface area contributed by atoms with E-state index in [0.29, 0.717) is 18.2 Å². The number of imide groups is 1. The van der Waals surface area contributed by atoms with Gasteiger partial charge in [-0.25, -0.2) is 4.79 Å². The van der Waals surface area contributed by atoms with E-state index in [1.807, 2.05) is 12.1 Å². The van der Waals surface area contributed by atoms with E-state index in [1.54, 1.807) is 12.1 Å². The Morgan fingerprint density at radius 3 is 2.78 bits per heavy atom. The molecule has 146 valence electrons. The maximum absolute atomic E-state index is 12.6. The number of nitrogens with one attached hydrogen (secondary N) is 2. The minimum atomic E-state index is -0.832. The second-order valence-corrected chi connectivity index (χ2v) is 6.80. The van der Waals surface area contributed by atoms with Gasteiger partial charge in [-0.15, -0.1) is 0 Å². The van der Waals surface area contributed by atoms with Crippen LogP contribution in [0.5, 0.6) is 5.75 Å². The first-order valence-corrected chi connectivity index (χ1v) is 9.16. The lowest BCUT2D eigenvalue weighted by Crippen LogP contribution is -2.38. The SMILES string of the molecule is COc1ccccc1CN1C(=O)N[C@H](CC(=O)NCC2CCOCC2)C1=O. The first-order valence-electron chi connectivity index (χ1n) is 9.16.